The van der Waals surface area contributed by atoms with E-state index < -0.39 is 11.9 Å². The van der Waals surface area contributed by atoms with Crippen LogP contribution in [0, 0.1) is 5.82 Å². The number of pyridine rings is 1. The minimum atomic E-state index is -0.925. The summed E-state index contributed by atoms with van der Waals surface area (Å²) in [7, 11) is 0. The normalized spacial score (nSPS) is 12.4. The van der Waals surface area contributed by atoms with Crippen molar-refractivity contribution in [2.45, 2.75) is 12.3 Å². The predicted octanol–water partition coefficient (Wildman–Crippen LogP) is 3.85. The van der Waals surface area contributed by atoms with Gasteiger partial charge in [-0.3, -0.25) is 9.78 Å². The second kappa shape index (κ2) is 5.61. The maximum Gasteiger partial charge on any atom is 0.312 e. The third-order valence-corrected chi connectivity index (χ3v) is 4.27. The van der Waals surface area contributed by atoms with Gasteiger partial charge in [0.1, 0.15) is 11.7 Å². The molecule has 0 bridgehead atoms. The molecule has 0 aliphatic carbocycles. The monoisotopic (exact) mass is 301 g/mol. The number of hydrogen-bond acceptors (Lipinski definition) is 3. The molecule has 106 valence electrons. The number of aromatic nitrogens is 1. The van der Waals surface area contributed by atoms with Crippen molar-refractivity contribution in [2.75, 3.05) is 0 Å². The van der Waals surface area contributed by atoms with Gasteiger partial charge in [-0.2, -0.15) is 0 Å². The lowest BCUT2D eigenvalue weighted by molar-refractivity contribution is -0.138. The molecular weight excluding hydrogens is 289 g/mol. The number of carboxylic acids is 1. The van der Waals surface area contributed by atoms with Gasteiger partial charge in [-0.15, -0.1) is 11.3 Å². The van der Waals surface area contributed by atoms with Crippen LogP contribution in [-0.4, -0.2) is 16.1 Å². The Labute approximate surface area is 124 Å². The Kier molecular flexibility index (Phi) is 3.66. The van der Waals surface area contributed by atoms with Gasteiger partial charge in [-0.05, 0) is 41.6 Å². The van der Waals surface area contributed by atoms with Crippen LogP contribution in [0.5, 0.6) is 0 Å². The molecule has 0 saturated carbocycles. The maximum absolute atomic E-state index is 12.9. The summed E-state index contributed by atoms with van der Waals surface area (Å²) in [5, 5.41) is 12.3. The SMILES string of the molecule is O=C(O)C(Cc1ccc(F)cc1)c1nccc2sccc12. The summed E-state index contributed by atoms with van der Waals surface area (Å²) in [5.74, 6) is -2.00. The number of benzene rings is 1. The van der Waals surface area contributed by atoms with E-state index in [1.54, 1.807) is 29.7 Å². The van der Waals surface area contributed by atoms with E-state index in [1.165, 1.54) is 12.1 Å². The molecule has 2 heterocycles. The average molecular weight is 301 g/mol. The highest BCUT2D eigenvalue weighted by molar-refractivity contribution is 7.17. The molecular formula is C16H12FNO2S. The van der Waals surface area contributed by atoms with Crippen LogP contribution in [0.2, 0.25) is 0 Å². The predicted molar refractivity (Wildman–Crippen MR) is 80.1 cm³/mol. The van der Waals surface area contributed by atoms with Gasteiger partial charge in [0.2, 0.25) is 0 Å². The number of carboxylic acid groups (broad SMARTS) is 1. The van der Waals surface area contributed by atoms with Crippen molar-refractivity contribution in [3.8, 4) is 0 Å². The molecule has 1 atom stereocenters. The summed E-state index contributed by atoms with van der Waals surface area (Å²) in [6.45, 7) is 0. The van der Waals surface area contributed by atoms with Crippen LogP contribution < -0.4 is 0 Å². The summed E-state index contributed by atoms with van der Waals surface area (Å²) in [5.41, 5.74) is 1.34. The van der Waals surface area contributed by atoms with Crippen molar-refractivity contribution in [1.82, 2.24) is 4.98 Å². The second-order valence-electron chi connectivity index (χ2n) is 4.75. The molecule has 0 radical (unpaired) electrons. The van der Waals surface area contributed by atoms with Crippen molar-refractivity contribution in [2.24, 2.45) is 0 Å². The van der Waals surface area contributed by atoms with Crippen molar-refractivity contribution in [3.05, 3.63) is 65.0 Å². The number of hydrogen-bond donors (Lipinski definition) is 1. The van der Waals surface area contributed by atoms with E-state index in [0.717, 1.165) is 15.6 Å². The van der Waals surface area contributed by atoms with Gasteiger partial charge in [0.15, 0.2) is 0 Å². The van der Waals surface area contributed by atoms with Gasteiger partial charge < -0.3 is 5.11 Å². The molecule has 1 aromatic carbocycles. The maximum atomic E-state index is 12.9. The molecule has 3 aromatic rings. The number of fused-ring (bicyclic) bond motifs is 1. The van der Waals surface area contributed by atoms with Crippen molar-refractivity contribution in [3.63, 3.8) is 0 Å². The first-order chi connectivity index (χ1) is 10.1. The van der Waals surface area contributed by atoms with Gasteiger partial charge in [-0.25, -0.2) is 4.39 Å². The summed E-state index contributed by atoms with van der Waals surface area (Å²) < 4.78 is 14.0. The minimum absolute atomic E-state index is 0.289. The van der Waals surface area contributed by atoms with Crippen LogP contribution in [0.15, 0.2) is 48.0 Å². The number of rotatable bonds is 4. The molecule has 0 spiro atoms. The molecule has 0 amide bonds. The van der Waals surface area contributed by atoms with Crippen LogP contribution in [0.4, 0.5) is 4.39 Å². The number of nitrogens with zero attached hydrogens (tertiary/aromatic N) is 1. The summed E-state index contributed by atoms with van der Waals surface area (Å²) in [4.78, 5) is 15.9. The fourth-order valence-electron chi connectivity index (χ4n) is 2.35. The van der Waals surface area contributed by atoms with Crippen LogP contribution >= 0.6 is 11.3 Å². The first-order valence-electron chi connectivity index (χ1n) is 6.44. The van der Waals surface area contributed by atoms with Gasteiger partial charge in [-0.1, -0.05) is 12.1 Å². The lowest BCUT2D eigenvalue weighted by atomic mass is 9.94. The van der Waals surface area contributed by atoms with E-state index in [4.69, 9.17) is 0 Å². The van der Waals surface area contributed by atoms with E-state index in [9.17, 15) is 14.3 Å². The number of carbonyl (C=O) groups is 1. The Balaban J connectivity index is 2.00. The molecule has 0 saturated heterocycles. The zero-order chi connectivity index (χ0) is 14.8. The van der Waals surface area contributed by atoms with Gasteiger partial charge in [0, 0.05) is 16.3 Å². The average Bonchev–Trinajstić information content (AvgIpc) is 2.95. The minimum Gasteiger partial charge on any atom is -0.481 e. The highest BCUT2D eigenvalue weighted by Gasteiger charge is 2.24. The molecule has 2 aromatic heterocycles. The smallest absolute Gasteiger partial charge is 0.312 e. The van der Waals surface area contributed by atoms with Crippen molar-refractivity contribution >= 4 is 27.4 Å². The zero-order valence-corrected chi connectivity index (χ0v) is 11.8. The number of halogens is 1. The number of thiophene rings is 1. The summed E-state index contributed by atoms with van der Waals surface area (Å²) in [6, 6.07) is 9.67. The Morgan fingerprint density at radius 1 is 1.24 bits per heavy atom. The first kappa shape index (κ1) is 13.7. The molecule has 21 heavy (non-hydrogen) atoms. The third kappa shape index (κ3) is 2.78. The zero-order valence-electron chi connectivity index (χ0n) is 11.0. The van der Waals surface area contributed by atoms with E-state index in [1.807, 2.05) is 17.5 Å². The molecule has 1 N–H and O–H groups in total. The van der Waals surface area contributed by atoms with Crippen LogP contribution in [-0.2, 0) is 11.2 Å². The Hall–Kier alpha value is -2.27. The van der Waals surface area contributed by atoms with Crippen molar-refractivity contribution in [1.29, 1.82) is 0 Å². The largest absolute Gasteiger partial charge is 0.481 e. The Morgan fingerprint density at radius 3 is 2.71 bits per heavy atom. The highest BCUT2D eigenvalue weighted by Crippen LogP contribution is 2.29. The summed E-state index contributed by atoms with van der Waals surface area (Å²) >= 11 is 1.56. The quantitative estimate of drug-likeness (QED) is 0.796. The fraction of sp³-hybridized carbons (Fsp3) is 0.125. The Morgan fingerprint density at radius 2 is 2.00 bits per heavy atom. The van der Waals surface area contributed by atoms with Crippen LogP contribution in [0.25, 0.3) is 10.1 Å². The van der Waals surface area contributed by atoms with E-state index in [2.05, 4.69) is 4.98 Å². The first-order valence-corrected chi connectivity index (χ1v) is 7.32. The fourth-order valence-corrected chi connectivity index (χ4v) is 3.14. The van der Waals surface area contributed by atoms with E-state index in [0.29, 0.717) is 5.69 Å². The lowest BCUT2D eigenvalue weighted by Crippen LogP contribution is -2.16. The van der Waals surface area contributed by atoms with E-state index in [-0.39, 0.29) is 12.2 Å². The number of aliphatic carboxylic acids is 1. The van der Waals surface area contributed by atoms with Crippen LogP contribution in [0.1, 0.15) is 17.2 Å². The summed E-state index contributed by atoms with van der Waals surface area (Å²) in [6.07, 6.45) is 1.92. The van der Waals surface area contributed by atoms with Gasteiger partial charge in [0.25, 0.3) is 0 Å². The second-order valence-corrected chi connectivity index (χ2v) is 5.70. The van der Waals surface area contributed by atoms with Gasteiger partial charge >= 0.3 is 5.97 Å². The van der Waals surface area contributed by atoms with Crippen molar-refractivity contribution < 1.29 is 14.3 Å². The lowest BCUT2D eigenvalue weighted by Gasteiger charge is -2.13. The molecule has 0 aliphatic heterocycles. The molecule has 0 aliphatic rings. The Bertz CT molecular complexity index is 782. The van der Waals surface area contributed by atoms with Crippen LogP contribution in [0.3, 0.4) is 0 Å². The topological polar surface area (TPSA) is 50.2 Å². The standard InChI is InChI=1S/C16H12FNO2S/c17-11-3-1-10(2-4-11)9-13(16(19)20)15-12-6-8-21-14(12)5-7-18-15/h1-8,13H,9H2,(H,19,20). The molecule has 3 nitrogen and oxygen atoms in total. The molecule has 3 rings (SSSR count). The third-order valence-electron chi connectivity index (χ3n) is 3.39. The molecule has 1 unspecified atom stereocenters. The van der Waals surface area contributed by atoms with E-state index >= 15 is 0 Å². The molecule has 5 heteroatoms. The highest BCUT2D eigenvalue weighted by atomic mass is 32.1. The van der Waals surface area contributed by atoms with Gasteiger partial charge in [0.05, 0.1) is 5.69 Å². The molecule has 0 fully saturated rings.